The van der Waals surface area contributed by atoms with Gasteiger partial charge in [-0.3, -0.25) is 0 Å². The van der Waals surface area contributed by atoms with E-state index in [2.05, 4.69) is 6.58 Å². The molecule has 0 amide bonds. The number of hydrogen-bond acceptors (Lipinski definition) is 0. The van der Waals surface area contributed by atoms with E-state index in [1.54, 1.807) is 6.08 Å². The quantitative estimate of drug-likeness (QED) is 0.397. The van der Waals surface area contributed by atoms with Gasteiger partial charge >= 0.3 is 0 Å². The van der Waals surface area contributed by atoms with Crippen molar-refractivity contribution in [2.75, 3.05) is 0 Å². The van der Waals surface area contributed by atoms with Crippen LogP contribution in [0.3, 0.4) is 0 Å². The summed E-state index contributed by atoms with van der Waals surface area (Å²) in [4.78, 5) is 0. The van der Waals surface area contributed by atoms with Gasteiger partial charge in [0.25, 0.3) is 0 Å². The molecule has 0 heterocycles. The van der Waals surface area contributed by atoms with E-state index >= 15 is 0 Å². The van der Waals surface area contributed by atoms with Crippen molar-refractivity contribution in [3.05, 3.63) is 12.7 Å². The minimum Gasteiger partial charge on any atom is -0.103 e. The third-order valence-electron chi connectivity index (χ3n) is 2.72. The molecule has 0 nitrogen and oxygen atoms in total. The highest BCUT2D eigenvalue weighted by Crippen LogP contribution is 2.22. The lowest BCUT2D eigenvalue weighted by Gasteiger charge is -1.91. The Morgan fingerprint density at radius 2 is 1.11 bits per heavy atom. The SMILES string of the molecule is C1CCCC1.C=CC.CC.CC.[3H]CC1CCCC1. The van der Waals surface area contributed by atoms with Crippen molar-refractivity contribution in [2.45, 2.75) is 99.3 Å². The van der Waals surface area contributed by atoms with Crippen molar-refractivity contribution in [1.82, 2.24) is 0 Å². The molecule has 112 valence electrons. The fourth-order valence-corrected chi connectivity index (χ4v) is 1.89. The summed E-state index contributed by atoms with van der Waals surface area (Å²) in [5.74, 6) is 0.764. The fourth-order valence-electron chi connectivity index (χ4n) is 1.89. The molecule has 0 saturated heterocycles. The Morgan fingerprint density at radius 1 is 0.833 bits per heavy atom. The smallest absolute Gasteiger partial charge is 0.0233 e. The van der Waals surface area contributed by atoms with Gasteiger partial charge in [-0.1, -0.05) is 98.5 Å². The van der Waals surface area contributed by atoms with E-state index < -0.39 is 0 Å². The topological polar surface area (TPSA) is 0 Å². The molecule has 2 aliphatic rings. The first-order chi connectivity index (χ1) is 9.35. The molecule has 0 bridgehead atoms. The normalized spacial score (nSPS) is 17.3. The first-order valence-corrected chi connectivity index (χ1v) is 8.21. The summed E-state index contributed by atoms with van der Waals surface area (Å²) in [6.45, 7) is 13.9. The van der Waals surface area contributed by atoms with Crippen LogP contribution in [0.4, 0.5) is 0 Å². The Labute approximate surface area is 120 Å². The van der Waals surface area contributed by atoms with E-state index in [4.69, 9.17) is 1.37 Å². The standard InChI is InChI=1S/C6H12.C5H10.C3H6.2C2H6/c1-6-4-2-3-5-6;1-2-4-5-3-1;1-3-2;2*1-2/h6H,2-5H2,1H3;1-5H2;3H,1H2,2H3;2*1-2H3/i1T;;;;. The first-order valence-electron chi connectivity index (χ1n) is 8.92. The van der Waals surface area contributed by atoms with Crippen molar-refractivity contribution in [3.63, 3.8) is 0 Å². The summed E-state index contributed by atoms with van der Waals surface area (Å²) < 4.78 is 7.00. The summed E-state index contributed by atoms with van der Waals surface area (Å²) in [7, 11) is 0. The lowest BCUT2D eigenvalue weighted by Crippen LogP contribution is -1.78. The molecule has 0 spiro atoms. The third kappa shape index (κ3) is 24.8. The van der Waals surface area contributed by atoms with Crippen LogP contribution in [0.25, 0.3) is 0 Å². The Hall–Kier alpha value is -0.260. The van der Waals surface area contributed by atoms with Gasteiger partial charge in [0.2, 0.25) is 0 Å². The molecule has 0 aromatic rings. The molecule has 0 aromatic heterocycles. The van der Waals surface area contributed by atoms with Gasteiger partial charge in [-0.05, 0) is 12.8 Å². The maximum atomic E-state index is 7.00. The molecule has 2 aliphatic carbocycles. The van der Waals surface area contributed by atoms with Gasteiger partial charge < -0.3 is 0 Å². The lowest BCUT2D eigenvalue weighted by atomic mass is 10.2. The van der Waals surface area contributed by atoms with Crippen molar-refractivity contribution < 1.29 is 1.37 Å². The molecule has 0 radical (unpaired) electrons. The van der Waals surface area contributed by atoms with Crippen LogP contribution < -0.4 is 0 Å². The summed E-state index contributed by atoms with van der Waals surface area (Å²) in [6.07, 6.45) is 14.7. The zero-order valence-corrected chi connectivity index (χ0v) is 13.9. The van der Waals surface area contributed by atoms with Crippen molar-refractivity contribution in [1.29, 1.82) is 0 Å². The minimum absolute atomic E-state index is 0.667. The molecule has 2 rings (SSSR count). The molecule has 0 aromatic carbocycles. The van der Waals surface area contributed by atoms with Crippen LogP contribution in [0.15, 0.2) is 12.7 Å². The molecule has 0 unspecified atom stereocenters. The molecule has 0 atom stereocenters. The van der Waals surface area contributed by atoms with Crippen LogP contribution in [-0.2, 0) is 0 Å². The summed E-state index contributed by atoms with van der Waals surface area (Å²) in [6, 6.07) is 0. The summed E-state index contributed by atoms with van der Waals surface area (Å²) in [5.41, 5.74) is 0. The predicted molar refractivity (Wildman–Crippen MR) is 89.3 cm³/mol. The molecule has 18 heavy (non-hydrogen) atoms. The van der Waals surface area contributed by atoms with Gasteiger partial charge in [-0.2, -0.15) is 0 Å². The Morgan fingerprint density at radius 3 is 1.28 bits per heavy atom. The van der Waals surface area contributed by atoms with Crippen LogP contribution in [0.2, 0.25) is 0 Å². The molecular weight excluding hydrogens is 216 g/mol. The lowest BCUT2D eigenvalue weighted by molar-refractivity contribution is 0.612. The van der Waals surface area contributed by atoms with E-state index in [9.17, 15) is 0 Å². The van der Waals surface area contributed by atoms with E-state index in [-0.39, 0.29) is 0 Å². The average molecular weight is 259 g/mol. The van der Waals surface area contributed by atoms with E-state index in [1.807, 2.05) is 34.6 Å². The van der Waals surface area contributed by atoms with Crippen LogP contribution >= 0.6 is 0 Å². The Kier molecular flexibility index (Phi) is 28.5. The van der Waals surface area contributed by atoms with Gasteiger partial charge in [0.05, 0.1) is 0 Å². The fraction of sp³-hybridized carbons (Fsp3) is 0.889. The van der Waals surface area contributed by atoms with Gasteiger partial charge in [-0.15, -0.1) is 6.58 Å². The zero-order chi connectivity index (χ0) is 15.4. The monoisotopic (exact) mass is 258 g/mol. The molecule has 2 fully saturated rings. The number of hydrogen-bond donors (Lipinski definition) is 0. The Bertz CT molecular complexity index is 114. The maximum Gasteiger partial charge on any atom is 0.0233 e. The largest absolute Gasteiger partial charge is 0.103 e. The van der Waals surface area contributed by atoms with Crippen molar-refractivity contribution in [3.8, 4) is 0 Å². The van der Waals surface area contributed by atoms with Gasteiger partial charge in [0, 0.05) is 1.37 Å². The highest BCUT2D eigenvalue weighted by atomic mass is 14.1. The van der Waals surface area contributed by atoms with Gasteiger partial charge in [0.15, 0.2) is 0 Å². The second-order valence-corrected chi connectivity index (χ2v) is 4.33. The highest BCUT2D eigenvalue weighted by molar-refractivity contribution is 4.60. The third-order valence-corrected chi connectivity index (χ3v) is 2.72. The predicted octanol–water partition coefficient (Wildman–Crippen LogP) is 7.39. The number of rotatable bonds is 0. The van der Waals surface area contributed by atoms with E-state index in [1.165, 1.54) is 57.8 Å². The molecule has 0 N–H and O–H groups in total. The second-order valence-electron chi connectivity index (χ2n) is 4.33. The molecule has 2 saturated carbocycles. The van der Waals surface area contributed by atoms with Crippen molar-refractivity contribution in [2.24, 2.45) is 5.92 Å². The molecular formula is C18H40. The highest BCUT2D eigenvalue weighted by Gasteiger charge is 2.07. The Balaban J connectivity index is -0.000000189. The van der Waals surface area contributed by atoms with E-state index in [0.29, 0.717) is 6.90 Å². The summed E-state index contributed by atoms with van der Waals surface area (Å²) in [5, 5.41) is 0. The molecule has 0 aliphatic heterocycles. The van der Waals surface area contributed by atoms with Crippen LogP contribution in [0, 0.1) is 5.92 Å². The van der Waals surface area contributed by atoms with Crippen LogP contribution in [0.5, 0.6) is 0 Å². The molecule has 0 heteroatoms. The van der Waals surface area contributed by atoms with Crippen LogP contribution in [0.1, 0.15) is 101 Å². The number of allylic oxidation sites excluding steroid dienone is 1. The zero-order valence-electron chi connectivity index (χ0n) is 14.9. The van der Waals surface area contributed by atoms with Crippen molar-refractivity contribution >= 4 is 0 Å². The van der Waals surface area contributed by atoms with Crippen LogP contribution in [-0.4, -0.2) is 0 Å². The maximum absolute atomic E-state index is 7.00. The van der Waals surface area contributed by atoms with Gasteiger partial charge in [0.1, 0.15) is 0 Å². The van der Waals surface area contributed by atoms with E-state index in [0.717, 1.165) is 5.92 Å². The minimum atomic E-state index is 0.667. The summed E-state index contributed by atoms with van der Waals surface area (Å²) >= 11 is 0. The average Bonchev–Trinajstić information content (AvgIpc) is 3.20. The van der Waals surface area contributed by atoms with Gasteiger partial charge in [-0.25, -0.2) is 0 Å². The second kappa shape index (κ2) is 25.6. The first kappa shape index (κ1) is 20.1.